The third kappa shape index (κ3) is 1.39. The van der Waals surface area contributed by atoms with Gasteiger partial charge < -0.3 is 9.52 Å². The van der Waals surface area contributed by atoms with E-state index in [9.17, 15) is 5.11 Å². The van der Waals surface area contributed by atoms with Gasteiger partial charge in [-0.3, -0.25) is 0 Å². The Hall–Kier alpha value is -0.765. The van der Waals surface area contributed by atoms with Crippen molar-refractivity contribution in [1.29, 1.82) is 0 Å². The fourth-order valence-corrected chi connectivity index (χ4v) is 1.63. The van der Waals surface area contributed by atoms with Gasteiger partial charge in [0.05, 0.1) is 12.3 Å². The first-order valence-electron chi connectivity index (χ1n) is 4.29. The maximum absolute atomic E-state index is 9.61. The molecule has 0 spiro atoms. The number of aromatic nitrogens is 1. The van der Waals surface area contributed by atoms with Crippen LogP contribution < -0.4 is 0 Å². The van der Waals surface area contributed by atoms with E-state index in [1.807, 2.05) is 0 Å². The Labute approximate surface area is 72.0 Å². The predicted octanol–water partition coefficient (Wildman–Crippen LogP) is 0.993. The fraction of sp³-hybridized carbons (Fsp3) is 0.625. The van der Waals surface area contributed by atoms with E-state index in [1.165, 1.54) is 0 Å². The first kappa shape index (κ1) is 7.86. The Morgan fingerprint density at radius 1 is 1.67 bits per heavy atom. The Morgan fingerprint density at radius 2 is 2.58 bits per heavy atom. The molecule has 0 saturated carbocycles. The average molecular weight is 164 g/mol. The predicted molar refractivity (Wildman–Crippen MR) is 45.0 cm³/mol. The van der Waals surface area contributed by atoms with Crippen LogP contribution in [0.25, 0.3) is 0 Å². The van der Waals surface area contributed by atoms with Crippen molar-refractivity contribution in [3.05, 3.63) is 18.4 Å². The summed E-state index contributed by atoms with van der Waals surface area (Å²) in [6, 6.07) is 0. The molecule has 63 valence electrons. The highest BCUT2D eigenvalue weighted by atomic mass is 16.3. The van der Waals surface area contributed by atoms with Gasteiger partial charge in [0.15, 0.2) is 5.89 Å². The van der Waals surface area contributed by atoms with Gasteiger partial charge in [-0.25, -0.2) is 4.98 Å². The molecule has 1 aromatic heterocycles. The van der Waals surface area contributed by atoms with Gasteiger partial charge in [-0.05, 0) is 6.42 Å². The van der Waals surface area contributed by atoms with E-state index >= 15 is 0 Å². The van der Waals surface area contributed by atoms with Gasteiger partial charge in [-0.1, -0.05) is 12.7 Å². The quantitative estimate of drug-likeness (QED) is 0.629. The van der Waals surface area contributed by atoms with E-state index in [0.29, 0.717) is 5.89 Å². The second-order valence-corrected chi connectivity index (χ2v) is 3.13. The lowest BCUT2D eigenvalue weighted by Gasteiger charge is -2.23. The summed E-state index contributed by atoms with van der Waals surface area (Å²) in [6.45, 7) is 0. The van der Waals surface area contributed by atoms with E-state index in [-0.39, 0.29) is 11.9 Å². The molecule has 0 aromatic carbocycles. The molecular formula is C8H11BNO2. The van der Waals surface area contributed by atoms with Crippen LogP contribution in [0.1, 0.15) is 24.5 Å². The number of nitrogens with zero attached hydrogens (tertiary/aromatic N) is 1. The van der Waals surface area contributed by atoms with Crippen LogP contribution >= 0.6 is 0 Å². The van der Waals surface area contributed by atoms with E-state index in [2.05, 4.69) is 12.3 Å². The van der Waals surface area contributed by atoms with Crippen LogP contribution in [0.4, 0.5) is 0 Å². The van der Waals surface area contributed by atoms with Gasteiger partial charge >= 0.3 is 0 Å². The van der Waals surface area contributed by atoms with E-state index in [1.54, 1.807) is 12.5 Å². The Morgan fingerprint density at radius 3 is 3.25 bits per heavy atom. The van der Waals surface area contributed by atoms with Crippen molar-refractivity contribution in [3.63, 3.8) is 0 Å². The molecule has 0 aliphatic carbocycles. The zero-order chi connectivity index (χ0) is 8.39. The number of hydrogen-bond donors (Lipinski definition) is 1. The van der Waals surface area contributed by atoms with E-state index in [4.69, 9.17) is 4.42 Å². The summed E-state index contributed by atoms with van der Waals surface area (Å²) in [5, 5.41) is 9.61. The maximum atomic E-state index is 9.61. The SMILES string of the molecule is OC1CCC[B]C1c1ncco1. The van der Waals surface area contributed by atoms with Crippen molar-refractivity contribution >= 4 is 7.28 Å². The topological polar surface area (TPSA) is 46.3 Å². The minimum Gasteiger partial charge on any atom is -0.449 e. The lowest BCUT2D eigenvalue weighted by atomic mass is 9.54. The fourth-order valence-electron chi connectivity index (χ4n) is 1.63. The Kier molecular flexibility index (Phi) is 2.17. The molecule has 1 fully saturated rings. The summed E-state index contributed by atoms with van der Waals surface area (Å²) in [7, 11) is 2.08. The Bertz CT molecular complexity index is 237. The maximum Gasteiger partial charge on any atom is 0.191 e. The standard InChI is InChI=1S/C8H11BNO2/c11-6-2-1-3-9-7(6)8-10-4-5-12-8/h4-7,11H,1-3H2. The number of aliphatic hydroxyl groups is 1. The molecule has 3 nitrogen and oxygen atoms in total. The second kappa shape index (κ2) is 3.31. The number of oxazole rings is 1. The summed E-state index contributed by atoms with van der Waals surface area (Å²) in [5.74, 6) is 0.649. The van der Waals surface area contributed by atoms with Gasteiger partial charge in [0, 0.05) is 5.82 Å². The van der Waals surface area contributed by atoms with Crippen LogP contribution in [0, 0.1) is 0 Å². The van der Waals surface area contributed by atoms with Gasteiger partial charge in [0.1, 0.15) is 13.5 Å². The summed E-state index contributed by atoms with van der Waals surface area (Å²) in [6.07, 6.45) is 5.82. The van der Waals surface area contributed by atoms with Crippen LogP contribution in [0.2, 0.25) is 6.32 Å². The molecule has 1 aliphatic rings. The number of aliphatic hydroxyl groups excluding tert-OH is 1. The van der Waals surface area contributed by atoms with Gasteiger partial charge in [0.2, 0.25) is 0 Å². The first-order chi connectivity index (χ1) is 5.88. The summed E-state index contributed by atoms with van der Waals surface area (Å²) in [5.41, 5.74) is 0. The monoisotopic (exact) mass is 164 g/mol. The van der Waals surface area contributed by atoms with Gasteiger partial charge in [-0.15, -0.1) is 0 Å². The molecule has 2 atom stereocenters. The second-order valence-electron chi connectivity index (χ2n) is 3.13. The van der Waals surface area contributed by atoms with Crippen molar-refractivity contribution in [1.82, 2.24) is 4.98 Å². The third-order valence-corrected chi connectivity index (χ3v) is 2.28. The highest BCUT2D eigenvalue weighted by Crippen LogP contribution is 2.26. The highest BCUT2D eigenvalue weighted by molar-refractivity contribution is 6.38. The van der Waals surface area contributed by atoms with Crippen LogP contribution in [0.5, 0.6) is 0 Å². The summed E-state index contributed by atoms with van der Waals surface area (Å²) in [4.78, 5) is 4.03. The summed E-state index contributed by atoms with van der Waals surface area (Å²) >= 11 is 0. The van der Waals surface area contributed by atoms with Crippen molar-refractivity contribution in [2.24, 2.45) is 0 Å². The minimum absolute atomic E-state index is 0.00810. The smallest absolute Gasteiger partial charge is 0.191 e. The molecule has 1 aromatic rings. The third-order valence-electron chi connectivity index (χ3n) is 2.28. The van der Waals surface area contributed by atoms with Crippen LogP contribution in [-0.2, 0) is 0 Å². The lowest BCUT2D eigenvalue weighted by Crippen LogP contribution is -2.28. The zero-order valence-electron chi connectivity index (χ0n) is 6.81. The van der Waals surface area contributed by atoms with Gasteiger partial charge in [-0.2, -0.15) is 0 Å². The molecule has 2 rings (SSSR count). The molecule has 4 heteroatoms. The van der Waals surface area contributed by atoms with Crippen molar-refractivity contribution in [2.45, 2.75) is 31.1 Å². The number of hydrogen-bond acceptors (Lipinski definition) is 3. The van der Waals surface area contributed by atoms with Crippen LogP contribution in [0.15, 0.2) is 16.9 Å². The highest BCUT2D eigenvalue weighted by Gasteiger charge is 2.28. The zero-order valence-corrected chi connectivity index (χ0v) is 6.81. The Balaban J connectivity index is 2.11. The molecule has 0 bridgehead atoms. The molecule has 1 N–H and O–H groups in total. The van der Waals surface area contributed by atoms with Crippen molar-refractivity contribution < 1.29 is 9.52 Å². The minimum atomic E-state index is -0.308. The molecule has 1 saturated heterocycles. The first-order valence-corrected chi connectivity index (χ1v) is 4.29. The molecule has 1 radical (unpaired) electrons. The average Bonchev–Trinajstić information content (AvgIpc) is 2.57. The molecule has 1 aliphatic heterocycles. The number of rotatable bonds is 1. The summed E-state index contributed by atoms with van der Waals surface area (Å²) < 4.78 is 5.14. The molecule has 2 unspecified atom stereocenters. The molecule has 2 heterocycles. The normalized spacial score (nSPS) is 29.8. The van der Waals surface area contributed by atoms with Crippen molar-refractivity contribution in [2.75, 3.05) is 0 Å². The molecule has 12 heavy (non-hydrogen) atoms. The van der Waals surface area contributed by atoms with E-state index in [0.717, 1.165) is 19.2 Å². The van der Waals surface area contributed by atoms with E-state index < -0.39 is 0 Å². The largest absolute Gasteiger partial charge is 0.449 e. The lowest BCUT2D eigenvalue weighted by molar-refractivity contribution is 0.141. The van der Waals surface area contributed by atoms with Gasteiger partial charge in [0.25, 0.3) is 0 Å². The van der Waals surface area contributed by atoms with Crippen LogP contribution in [0.3, 0.4) is 0 Å². The molecule has 0 amide bonds. The van der Waals surface area contributed by atoms with Crippen molar-refractivity contribution in [3.8, 4) is 0 Å². The molecular weight excluding hydrogens is 153 g/mol. The van der Waals surface area contributed by atoms with Crippen LogP contribution in [-0.4, -0.2) is 23.5 Å².